The largest absolute Gasteiger partial charge is 0.466 e. The summed E-state index contributed by atoms with van der Waals surface area (Å²) in [4.78, 5) is 21.6. The van der Waals surface area contributed by atoms with Crippen LogP contribution in [-0.2, 0) is 4.57 Å². The second kappa shape index (κ2) is 25.5. The van der Waals surface area contributed by atoms with Crippen LogP contribution in [0.3, 0.4) is 0 Å². The maximum absolute atomic E-state index is 8.88. The fraction of sp³-hybridized carbons (Fsp3) is 1.00. The van der Waals surface area contributed by atoms with Crippen molar-refractivity contribution in [1.29, 1.82) is 0 Å². The zero-order valence-electron chi connectivity index (χ0n) is 18.2. The van der Waals surface area contributed by atoms with E-state index in [9.17, 15) is 0 Å². The van der Waals surface area contributed by atoms with Crippen molar-refractivity contribution in [3.05, 3.63) is 0 Å². The molecule has 0 heterocycles. The SMILES string of the molecule is CCCCCCCCCCCCCCCCSCCCCCO.O=P(O)(O)O. The molecular formula is C21H47O5PS. The van der Waals surface area contributed by atoms with Crippen molar-refractivity contribution in [2.45, 2.75) is 116 Å². The Kier molecular flexibility index (Phi) is 27.8. The van der Waals surface area contributed by atoms with Crippen molar-refractivity contribution in [1.82, 2.24) is 0 Å². The van der Waals surface area contributed by atoms with Crippen LogP contribution < -0.4 is 0 Å². The van der Waals surface area contributed by atoms with Gasteiger partial charge in [-0.2, -0.15) is 11.8 Å². The minimum Gasteiger partial charge on any atom is -0.396 e. The van der Waals surface area contributed by atoms with E-state index in [2.05, 4.69) is 18.7 Å². The monoisotopic (exact) mass is 442 g/mol. The van der Waals surface area contributed by atoms with Crippen LogP contribution in [0.1, 0.15) is 116 Å². The van der Waals surface area contributed by atoms with E-state index in [1.54, 1.807) is 0 Å². The molecule has 0 aliphatic heterocycles. The van der Waals surface area contributed by atoms with Crippen LogP contribution in [0.4, 0.5) is 0 Å². The first kappa shape index (κ1) is 30.6. The van der Waals surface area contributed by atoms with Crippen LogP contribution >= 0.6 is 19.6 Å². The Morgan fingerprint density at radius 3 is 1.18 bits per heavy atom. The zero-order chi connectivity index (χ0) is 21.3. The summed E-state index contributed by atoms with van der Waals surface area (Å²) in [6.07, 6.45) is 23.7. The minimum atomic E-state index is -4.64. The average molecular weight is 443 g/mol. The van der Waals surface area contributed by atoms with Crippen molar-refractivity contribution < 1.29 is 24.4 Å². The Morgan fingerprint density at radius 2 is 0.857 bits per heavy atom. The van der Waals surface area contributed by atoms with Crippen LogP contribution in [0, 0.1) is 0 Å². The molecule has 0 radical (unpaired) electrons. The van der Waals surface area contributed by atoms with E-state index in [-0.39, 0.29) is 0 Å². The molecule has 4 N–H and O–H groups in total. The van der Waals surface area contributed by atoms with E-state index in [0.29, 0.717) is 6.61 Å². The van der Waals surface area contributed by atoms with Gasteiger partial charge in [0, 0.05) is 6.61 Å². The van der Waals surface area contributed by atoms with Gasteiger partial charge in [-0.1, -0.05) is 96.8 Å². The summed E-state index contributed by atoms with van der Waals surface area (Å²) in [7, 11) is -4.64. The van der Waals surface area contributed by atoms with E-state index in [4.69, 9.17) is 24.4 Å². The number of aliphatic hydroxyl groups excluding tert-OH is 1. The van der Waals surface area contributed by atoms with E-state index in [1.165, 1.54) is 114 Å². The highest BCUT2D eigenvalue weighted by molar-refractivity contribution is 7.99. The molecular weight excluding hydrogens is 395 g/mol. The smallest absolute Gasteiger partial charge is 0.396 e. The molecule has 5 nitrogen and oxygen atoms in total. The Bertz CT molecular complexity index is 298. The van der Waals surface area contributed by atoms with Crippen LogP contribution in [0.15, 0.2) is 0 Å². The molecule has 0 aliphatic carbocycles. The van der Waals surface area contributed by atoms with Crippen molar-refractivity contribution in [2.24, 2.45) is 0 Å². The number of phosphoric acid groups is 1. The molecule has 0 amide bonds. The summed E-state index contributed by atoms with van der Waals surface area (Å²) in [5.41, 5.74) is 0. The minimum absolute atomic E-state index is 0.365. The fourth-order valence-electron chi connectivity index (χ4n) is 2.99. The molecule has 0 fully saturated rings. The summed E-state index contributed by atoms with van der Waals surface area (Å²) in [5.74, 6) is 2.63. The molecule has 0 spiro atoms. The molecule has 0 atom stereocenters. The summed E-state index contributed by atoms with van der Waals surface area (Å²) in [6.45, 7) is 2.66. The van der Waals surface area contributed by atoms with Gasteiger partial charge >= 0.3 is 7.82 Å². The van der Waals surface area contributed by atoms with Crippen molar-refractivity contribution in [3.8, 4) is 0 Å². The van der Waals surface area contributed by atoms with Crippen LogP contribution in [0.2, 0.25) is 0 Å². The predicted octanol–water partition coefficient (Wildman–Crippen LogP) is 6.43. The Labute approximate surface area is 178 Å². The molecule has 0 aromatic carbocycles. The lowest BCUT2D eigenvalue weighted by Gasteiger charge is -2.04. The van der Waals surface area contributed by atoms with Crippen molar-refractivity contribution in [2.75, 3.05) is 18.1 Å². The third kappa shape index (κ3) is 40.9. The summed E-state index contributed by atoms with van der Waals surface area (Å²) in [5, 5.41) is 8.70. The maximum Gasteiger partial charge on any atom is 0.466 e. The number of hydrogen-bond donors (Lipinski definition) is 4. The zero-order valence-corrected chi connectivity index (χ0v) is 19.9. The molecule has 0 aromatic heterocycles. The van der Waals surface area contributed by atoms with Gasteiger partial charge in [-0.05, 0) is 30.8 Å². The van der Waals surface area contributed by atoms with E-state index in [1.807, 2.05) is 0 Å². The number of aliphatic hydroxyl groups is 1. The standard InChI is InChI=1S/C21H44OS.H3O4P/c1-2-3-4-5-6-7-8-9-10-11-12-13-14-17-20-23-21-18-15-16-19-22;1-5(2,3)4/h22H,2-21H2,1H3;(H3,1,2,3,4). The Morgan fingerprint density at radius 1 is 0.571 bits per heavy atom. The third-order valence-corrected chi connectivity index (χ3v) is 5.74. The number of unbranched alkanes of at least 4 members (excludes halogenated alkanes) is 15. The van der Waals surface area contributed by atoms with E-state index >= 15 is 0 Å². The molecule has 172 valence electrons. The topological polar surface area (TPSA) is 98.0 Å². The number of hydrogen-bond acceptors (Lipinski definition) is 3. The molecule has 0 rings (SSSR count). The highest BCUT2D eigenvalue weighted by Gasteiger charge is 2.00. The quantitative estimate of drug-likeness (QED) is 0.128. The third-order valence-electron chi connectivity index (χ3n) is 4.59. The lowest BCUT2D eigenvalue weighted by atomic mass is 10.0. The molecule has 28 heavy (non-hydrogen) atoms. The normalized spacial score (nSPS) is 11.3. The highest BCUT2D eigenvalue weighted by Crippen LogP contribution is 2.25. The van der Waals surface area contributed by atoms with Gasteiger partial charge in [-0.3, -0.25) is 0 Å². The summed E-state index contributed by atoms with van der Waals surface area (Å²) < 4.78 is 8.88. The summed E-state index contributed by atoms with van der Waals surface area (Å²) >= 11 is 2.11. The molecule has 0 unspecified atom stereocenters. The van der Waals surface area contributed by atoms with E-state index in [0.717, 1.165) is 6.42 Å². The van der Waals surface area contributed by atoms with Crippen LogP contribution in [0.5, 0.6) is 0 Å². The molecule has 0 bridgehead atoms. The molecule has 0 aromatic rings. The average Bonchev–Trinajstić information content (AvgIpc) is 2.62. The molecule has 0 aliphatic rings. The van der Waals surface area contributed by atoms with Gasteiger partial charge < -0.3 is 19.8 Å². The van der Waals surface area contributed by atoms with Crippen molar-refractivity contribution >= 4 is 19.6 Å². The molecule has 0 saturated heterocycles. The predicted molar refractivity (Wildman–Crippen MR) is 123 cm³/mol. The van der Waals surface area contributed by atoms with Gasteiger partial charge in [0.15, 0.2) is 0 Å². The second-order valence-electron chi connectivity index (χ2n) is 7.51. The van der Waals surface area contributed by atoms with Gasteiger partial charge in [-0.15, -0.1) is 0 Å². The first-order valence-corrected chi connectivity index (χ1v) is 14.1. The number of rotatable bonds is 20. The Balaban J connectivity index is 0. The van der Waals surface area contributed by atoms with E-state index < -0.39 is 7.82 Å². The van der Waals surface area contributed by atoms with Gasteiger partial charge in [-0.25, -0.2) is 4.57 Å². The van der Waals surface area contributed by atoms with Gasteiger partial charge in [0.2, 0.25) is 0 Å². The highest BCUT2D eigenvalue weighted by atomic mass is 32.2. The maximum atomic E-state index is 8.88. The fourth-order valence-corrected chi connectivity index (χ4v) is 4.01. The van der Waals surface area contributed by atoms with Crippen LogP contribution in [0.25, 0.3) is 0 Å². The lowest BCUT2D eigenvalue weighted by Crippen LogP contribution is -1.88. The lowest BCUT2D eigenvalue weighted by molar-refractivity contribution is 0.275. The molecule has 7 heteroatoms. The van der Waals surface area contributed by atoms with Gasteiger partial charge in [0.25, 0.3) is 0 Å². The molecule has 0 saturated carbocycles. The van der Waals surface area contributed by atoms with Crippen LogP contribution in [-0.4, -0.2) is 37.9 Å². The van der Waals surface area contributed by atoms with Gasteiger partial charge in [0.1, 0.15) is 0 Å². The number of thioether (sulfide) groups is 1. The Hall–Kier alpha value is 0.420. The van der Waals surface area contributed by atoms with Gasteiger partial charge in [0.05, 0.1) is 0 Å². The first-order valence-electron chi connectivity index (χ1n) is 11.4. The second-order valence-corrected chi connectivity index (χ2v) is 9.76. The van der Waals surface area contributed by atoms with Crippen molar-refractivity contribution in [3.63, 3.8) is 0 Å². The first-order chi connectivity index (χ1) is 13.4. The summed E-state index contributed by atoms with van der Waals surface area (Å²) in [6, 6.07) is 0.